The van der Waals surface area contributed by atoms with Crippen molar-refractivity contribution in [3.63, 3.8) is 0 Å². The number of carboxylic acids is 1. The fourth-order valence-electron chi connectivity index (χ4n) is 1.53. The van der Waals surface area contributed by atoms with Crippen LogP contribution in [0.25, 0.3) is 11.3 Å². The fraction of sp³-hybridized carbons (Fsp3) is 0.308. The molecule has 13 heteroatoms. The minimum Gasteiger partial charge on any atom is -0.542 e. The van der Waals surface area contributed by atoms with Gasteiger partial charge in [-0.1, -0.05) is 4.68 Å². The Balaban J connectivity index is 0.000000412. The highest BCUT2D eigenvalue weighted by atomic mass is 32.2. The first-order chi connectivity index (χ1) is 12.0. The van der Waals surface area contributed by atoms with Crippen LogP contribution >= 0.6 is 0 Å². The second-order valence-electron chi connectivity index (χ2n) is 4.69. The van der Waals surface area contributed by atoms with E-state index in [0.29, 0.717) is 13.0 Å². The number of nitrogens with zero attached hydrogens (tertiary/aromatic N) is 4. The summed E-state index contributed by atoms with van der Waals surface area (Å²) in [4.78, 5) is 16.9. The summed E-state index contributed by atoms with van der Waals surface area (Å²) in [5.41, 5.74) is 1.55. The molecule has 142 valence electrons. The number of rotatable bonds is 5. The highest BCUT2D eigenvalue weighted by molar-refractivity contribution is 7.85. The summed E-state index contributed by atoms with van der Waals surface area (Å²) < 4.78 is 62.9. The van der Waals surface area contributed by atoms with E-state index in [-0.39, 0.29) is 5.75 Å². The second kappa shape index (κ2) is 9.15. The minimum atomic E-state index is -5.19. The molecule has 2 aromatic heterocycles. The van der Waals surface area contributed by atoms with E-state index in [1.54, 1.807) is 35.7 Å². The maximum absolute atomic E-state index is 10.6. The third-order valence-electron chi connectivity index (χ3n) is 2.65. The van der Waals surface area contributed by atoms with Crippen LogP contribution in [0.15, 0.2) is 37.1 Å². The van der Waals surface area contributed by atoms with Crippen molar-refractivity contribution in [3.05, 3.63) is 37.1 Å². The van der Waals surface area contributed by atoms with Crippen molar-refractivity contribution in [3.8, 4) is 11.3 Å². The Morgan fingerprint density at radius 3 is 2.35 bits per heavy atom. The number of carbonyl (C=O) groups excluding carboxylic acids is 1. The Kier molecular flexibility index (Phi) is 7.52. The van der Waals surface area contributed by atoms with Gasteiger partial charge in [0.25, 0.3) is 10.1 Å². The summed E-state index contributed by atoms with van der Waals surface area (Å²) in [6.45, 7) is 0.417. The number of aliphatic carboxylic acids is 1. The van der Waals surface area contributed by atoms with Crippen LogP contribution in [0.2, 0.25) is 0 Å². The number of aromatic nitrogens is 4. The Morgan fingerprint density at radius 2 is 1.92 bits per heavy atom. The van der Waals surface area contributed by atoms with Crippen LogP contribution in [-0.4, -0.2) is 45.9 Å². The Morgan fingerprint density at radius 1 is 1.27 bits per heavy atom. The lowest BCUT2D eigenvalue weighted by Gasteiger charge is -2.03. The molecule has 0 bridgehead atoms. The monoisotopic (exact) mass is 394 g/mol. The van der Waals surface area contributed by atoms with Crippen molar-refractivity contribution in [1.82, 2.24) is 15.1 Å². The molecule has 0 atom stereocenters. The number of carbonyl (C=O) groups is 1. The van der Waals surface area contributed by atoms with E-state index in [9.17, 15) is 21.6 Å². The van der Waals surface area contributed by atoms with Crippen molar-refractivity contribution in [2.24, 2.45) is 0 Å². The summed E-state index contributed by atoms with van der Waals surface area (Å²) in [6, 6.07) is 1.82. The van der Waals surface area contributed by atoms with E-state index < -0.39 is 22.3 Å². The van der Waals surface area contributed by atoms with Gasteiger partial charge in [0.1, 0.15) is 12.2 Å². The molecule has 0 saturated carbocycles. The van der Waals surface area contributed by atoms with Gasteiger partial charge in [-0.25, -0.2) is 0 Å². The molecule has 0 aliphatic rings. The van der Waals surface area contributed by atoms with Gasteiger partial charge in [0, 0.05) is 30.4 Å². The zero-order valence-electron chi connectivity index (χ0n) is 13.0. The van der Waals surface area contributed by atoms with Crippen LogP contribution in [0.1, 0.15) is 6.42 Å². The van der Waals surface area contributed by atoms with Gasteiger partial charge in [-0.2, -0.15) is 21.6 Å². The fourth-order valence-corrected chi connectivity index (χ4v) is 2.02. The molecule has 0 aliphatic heterocycles. The van der Waals surface area contributed by atoms with E-state index in [0.717, 1.165) is 11.3 Å². The topological polar surface area (TPSA) is 137 Å². The predicted octanol–water partition coefficient (Wildman–Crippen LogP) is -0.597. The van der Waals surface area contributed by atoms with Crippen molar-refractivity contribution >= 4 is 16.1 Å². The standard InChI is InChI=1S/C11H12N4O3S.C2HF3O2/c16-19(17,18)7-1-5-15-6-2-10(8-14-15)11-9-12-3-4-13-11;3-2(4,5)1(6)7/h2-4,6,8-9H,1,5,7H2;(H,6,7). The van der Waals surface area contributed by atoms with E-state index >= 15 is 0 Å². The van der Waals surface area contributed by atoms with Gasteiger partial charge in [0.15, 0.2) is 12.7 Å². The number of alkyl halides is 3. The van der Waals surface area contributed by atoms with Crippen LogP contribution in [0.4, 0.5) is 13.2 Å². The average Bonchev–Trinajstić information content (AvgIpc) is 2.55. The molecule has 0 aromatic carbocycles. The first-order valence-corrected chi connectivity index (χ1v) is 8.45. The van der Waals surface area contributed by atoms with Crippen molar-refractivity contribution < 1.29 is 40.7 Å². The predicted molar refractivity (Wildman–Crippen MR) is 77.6 cm³/mol. The molecule has 0 unspecified atom stereocenters. The summed E-state index contributed by atoms with van der Waals surface area (Å²) in [5.74, 6) is -3.28. The van der Waals surface area contributed by atoms with Crippen LogP contribution in [0, 0.1) is 0 Å². The summed E-state index contributed by atoms with van der Waals surface area (Å²) in [7, 11) is -3.90. The molecule has 0 fully saturated rings. The summed E-state index contributed by atoms with van der Waals surface area (Å²) >= 11 is 0. The van der Waals surface area contributed by atoms with Gasteiger partial charge < -0.3 is 9.90 Å². The van der Waals surface area contributed by atoms with E-state index in [1.807, 2.05) is 6.07 Å². The van der Waals surface area contributed by atoms with Crippen LogP contribution in [0.5, 0.6) is 0 Å². The second-order valence-corrected chi connectivity index (χ2v) is 6.27. The molecule has 1 N–H and O–H groups in total. The molecular weight excluding hydrogens is 381 g/mol. The van der Waals surface area contributed by atoms with Crippen LogP contribution in [0.3, 0.4) is 0 Å². The molecule has 0 saturated heterocycles. The molecule has 0 radical (unpaired) electrons. The first-order valence-electron chi connectivity index (χ1n) is 6.84. The Bertz CT molecular complexity index is 814. The van der Waals surface area contributed by atoms with Gasteiger partial charge >= 0.3 is 6.18 Å². The molecule has 9 nitrogen and oxygen atoms in total. The lowest BCUT2D eigenvalue weighted by molar-refractivity contribution is -0.753. The van der Waals surface area contributed by atoms with Gasteiger partial charge in [0.05, 0.1) is 17.6 Å². The Hall–Kier alpha value is -2.67. The van der Waals surface area contributed by atoms with Crippen molar-refractivity contribution in [2.45, 2.75) is 19.1 Å². The van der Waals surface area contributed by atoms with E-state index in [1.165, 1.54) is 0 Å². The molecule has 2 aromatic rings. The highest BCUT2D eigenvalue weighted by Crippen LogP contribution is 2.12. The number of carboxylic acid groups (broad SMARTS) is 1. The average molecular weight is 394 g/mol. The molecule has 0 aliphatic carbocycles. The third-order valence-corrected chi connectivity index (χ3v) is 3.46. The van der Waals surface area contributed by atoms with E-state index in [2.05, 4.69) is 15.1 Å². The minimum absolute atomic E-state index is 0.270. The zero-order valence-corrected chi connectivity index (χ0v) is 13.8. The SMILES string of the molecule is O=C([O-])C(F)(F)F.O=S(=O)(O)CCC[n+]1ccc(-c2cnccn2)cn1. The maximum Gasteiger partial charge on any atom is 0.430 e. The number of halogens is 3. The van der Waals surface area contributed by atoms with Gasteiger partial charge in [0.2, 0.25) is 0 Å². The van der Waals surface area contributed by atoms with Gasteiger partial charge in [-0.05, 0) is 5.10 Å². The number of aryl methyl sites for hydroxylation is 1. The zero-order chi connectivity index (χ0) is 19.8. The van der Waals surface area contributed by atoms with E-state index in [4.69, 9.17) is 14.5 Å². The molecule has 0 spiro atoms. The first kappa shape index (κ1) is 21.4. The largest absolute Gasteiger partial charge is 0.542 e. The normalized spacial score (nSPS) is 11.4. The summed E-state index contributed by atoms with van der Waals surface area (Å²) in [5, 5.41) is 12.9. The van der Waals surface area contributed by atoms with Crippen molar-refractivity contribution in [2.75, 3.05) is 5.75 Å². The number of hydrogen-bond acceptors (Lipinski definition) is 7. The highest BCUT2D eigenvalue weighted by Gasteiger charge is 2.28. The lowest BCUT2D eigenvalue weighted by Crippen LogP contribution is -2.38. The summed E-state index contributed by atoms with van der Waals surface area (Å²) in [6.07, 6.45) is 3.31. The van der Waals surface area contributed by atoms with Gasteiger partial charge in [-0.3, -0.25) is 14.5 Å². The molecule has 26 heavy (non-hydrogen) atoms. The molecule has 2 heterocycles. The smallest absolute Gasteiger partial charge is 0.430 e. The molecule has 2 rings (SSSR count). The van der Waals surface area contributed by atoms with Crippen molar-refractivity contribution in [1.29, 1.82) is 0 Å². The maximum atomic E-state index is 10.6. The van der Waals surface area contributed by atoms with Crippen LogP contribution < -0.4 is 9.79 Å². The number of hydrogen-bond donors (Lipinski definition) is 1. The Labute approximate surface area is 145 Å². The molecular formula is C13H13F3N4O5S. The van der Waals surface area contributed by atoms with Crippen LogP contribution in [-0.2, 0) is 21.5 Å². The quantitative estimate of drug-likeness (QED) is 0.524. The van der Waals surface area contributed by atoms with Gasteiger partial charge in [-0.15, -0.1) is 0 Å². The third kappa shape index (κ3) is 8.43. The lowest BCUT2D eigenvalue weighted by atomic mass is 10.2. The molecule has 0 amide bonds.